The van der Waals surface area contributed by atoms with Crippen molar-refractivity contribution in [1.29, 1.82) is 0 Å². The maximum absolute atomic E-state index is 15.0. The summed E-state index contributed by atoms with van der Waals surface area (Å²) in [4.78, 5) is 5.05. The smallest absolute Gasteiger partial charge is 0.215 e. The number of hydrogen-bond acceptors (Lipinski definition) is 6. The van der Waals surface area contributed by atoms with E-state index in [1.165, 1.54) is 30.4 Å². The van der Waals surface area contributed by atoms with Crippen LogP contribution in [0.15, 0.2) is 60.8 Å². The van der Waals surface area contributed by atoms with E-state index >= 15 is 0 Å². The minimum absolute atomic E-state index is 0.0793. The van der Waals surface area contributed by atoms with Gasteiger partial charge in [0, 0.05) is 31.9 Å². The highest BCUT2D eigenvalue weighted by atomic mass is 35.5. The molecule has 4 aromatic rings. The van der Waals surface area contributed by atoms with Gasteiger partial charge in [-0.1, -0.05) is 35.9 Å². The third kappa shape index (κ3) is 4.79. The van der Waals surface area contributed by atoms with E-state index in [2.05, 4.69) is 9.71 Å². The Morgan fingerprint density at radius 2 is 1.97 bits per heavy atom. The van der Waals surface area contributed by atoms with E-state index < -0.39 is 39.3 Å². The van der Waals surface area contributed by atoms with Gasteiger partial charge < -0.3 is 10.2 Å². The number of aromatic nitrogens is 1. The third-order valence-corrected chi connectivity index (χ3v) is 9.84. The van der Waals surface area contributed by atoms with Gasteiger partial charge in [-0.2, -0.15) is 0 Å². The fourth-order valence-corrected chi connectivity index (χ4v) is 7.23. The van der Waals surface area contributed by atoms with E-state index in [1.54, 1.807) is 24.4 Å². The largest absolute Gasteiger partial charge is 0.393 e. The first-order valence-corrected chi connectivity index (χ1v) is 14.1. The quantitative estimate of drug-likeness (QED) is 0.285. The zero-order valence-electron chi connectivity index (χ0n) is 19.3. The molecule has 0 bridgehead atoms. The van der Waals surface area contributed by atoms with Crippen molar-refractivity contribution in [1.82, 2.24) is 9.71 Å². The second-order valence-corrected chi connectivity index (χ2v) is 12.6. The first-order valence-electron chi connectivity index (χ1n) is 11.4. The van der Waals surface area contributed by atoms with Gasteiger partial charge >= 0.3 is 0 Å². The van der Waals surface area contributed by atoms with Crippen LogP contribution in [-0.4, -0.2) is 35.5 Å². The van der Waals surface area contributed by atoms with Crippen molar-refractivity contribution < 1.29 is 23.0 Å². The number of rotatable bonds is 8. The molecular formula is C26H24ClFN2O4S2. The Bertz CT molecular complexity index is 1530. The van der Waals surface area contributed by atoms with Gasteiger partial charge in [-0.25, -0.2) is 17.5 Å². The summed E-state index contributed by atoms with van der Waals surface area (Å²) in [6.45, 7) is 1.07. The van der Waals surface area contributed by atoms with E-state index in [-0.39, 0.29) is 10.6 Å². The second kappa shape index (κ2) is 9.48. The molecule has 0 spiro atoms. The summed E-state index contributed by atoms with van der Waals surface area (Å²) in [5.41, 5.74) is 0.509. The van der Waals surface area contributed by atoms with Crippen molar-refractivity contribution in [3.8, 4) is 11.3 Å². The van der Waals surface area contributed by atoms with Crippen LogP contribution in [0, 0.1) is 5.82 Å². The molecule has 1 aliphatic rings. The van der Waals surface area contributed by atoms with Gasteiger partial charge in [-0.05, 0) is 61.0 Å². The van der Waals surface area contributed by atoms with Gasteiger partial charge in [0.1, 0.15) is 11.4 Å². The SMILES string of the molecule is C[C@@](O)(CO)c1ccnc(-c2cccc3cc([C@H](NS(=O)(=O)C4CC4)c4c(F)cccc4Cl)sc23)c1. The lowest BCUT2D eigenvalue weighted by Gasteiger charge is -2.21. The third-order valence-electron chi connectivity index (χ3n) is 6.35. The second-order valence-electron chi connectivity index (χ2n) is 9.16. The number of benzene rings is 2. The lowest BCUT2D eigenvalue weighted by molar-refractivity contribution is -0.00230. The summed E-state index contributed by atoms with van der Waals surface area (Å²) in [6.07, 6.45) is 2.71. The number of thiophene rings is 1. The molecule has 0 saturated heterocycles. The molecule has 0 radical (unpaired) electrons. The number of hydrogen-bond donors (Lipinski definition) is 3. The number of sulfonamides is 1. The molecule has 1 saturated carbocycles. The van der Waals surface area contributed by atoms with Crippen LogP contribution in [0.5, 0.6) is 0 Å². The molecule has 2 atom stereocenters. The Labute approximate surface area is 217 Å². The number of halogens is 2. The van der Waals surface area contributed by atoms with Crippen LogP contribution < -0.4 is 4.72 Å². The molecule has 3 N–H and O–H groups in total. The molecule has 2 aromatic heterocycles. The van der Waals surface area contributed by atoms with Crippen LogP contribution in [-0.2, 0) is 15.6 Å². The van der Waals surface area contributed by atoms with Gasteiger partial charge in [-0.3, -0.25) is 4.98 Å². The minimum Gasteiger partial charge on any atom is -0.393 e. The Morgan fingerprint density at radius 3 is 2.67 bits per heavy atom. The van der Waals surface area contributed by atoms with Gasteiger partial charge in [0.15, 0.2) is 0 Å². The van der Waals surface area contributed by atoms with Crippen LogP contribution in [0.2, 0.25) is 5.02 Å². The normalized spacial score (nSPS) is 16.7. The van der Waals surface area contributed by atoms with Gasteiger partial charge in [0.2, 0.25) is 10.0 Å². The molecule has 0 amide bonds. The first-order chi connectivity index (χ1) is 17.1. The van der Waals surface area contributed by atoms with Crippen molar-refractivity contribution in [3.05, 3.63) is 87.6 Å². The van der Waals surface area contributed by atoms with Crippen molar-refractivity contribution in [2.24, 2.45) is 0 Å². The number of aliphatic hydroxyl groups excluding tert-OH is 1. The summed E-state index contributed by atoms with van der Waals surface area (Å²) in [7, 11) is -3.67. The molecule has 0 aliphatic heterocycles. The maximum atomic E-state index is 15.0. The zero-order valence-corrected chi connectivity index (χ0v) is 21.7. The van der Waals surface area contributed by atoms with Crippen molar-refractivity contribution in [3.63, 3.8) is 0 Å². The van der Waals surface area contributed by atoms with E-state index in [1.807, 2.05) is 24.3 Å². The summed E-state index contributed by atoms with van der Waals surface area (Å²) >= 11 is 7.70. The van der Waals surface area contributed by atoms with E-state index in [0.717, 1.165) is 15.6 Å². The van der Waals surface area contributed by atoms with Crippen molar-refractivity contribution in [2.45, 2.75) is 36.7 Å². The van der Waals surface area contributed by atoms with Crippen LogP contribution >= 0.6 is 22.9 Å². The van der Waals surface area contributed by atoms with Crippen molar-refractivity contribution >= 4 is 43.0 Å². The molecule has 36 heavy (non-hydrogen) atoms. The summed E-state index contributed by atoms with van der Waals surface area (Å²) in [5, 5.41) is 20.6. The lowest BCUT2D eigenvalue weighted by atomic mass is 9.96. The van der Waals surface area contributed by atoms with Crippen molar-refractivity contribution in [2.75, 3.05) is 6.61 Å². The highest BCUT2D eigenvalue weighted by Crippen LogP contribution is 2.42. The predicted molar refractivity (Wildman–Crippen MR) is 140 cm³/mol. The Morgan fingerprint density at radius 1 is 1.22 bits per heavy atom. The molecule has 0 unspecified atom stereocenters. The summed E-state index contributed by atoms with van der Waals surface area (Å²) in [6, 6.07) is 14.1. The predicted octanol–water partition coefficient (Wildman–Crippen LogP) is 5.13. The standard InChI is InChI=1S/C26H24ClFN2O4S2/c1-26(32,14-31)16-10-11-29-21(13-16)18-5-2-4-15-12-22(35-25(15)18)24(30-36(33,34)17-8-9-17)23-19(27)6-3-7-20(23)28/h2-7,10-13,17,24,30-32H,8-9,14H2,1H3/t24-,26+/m0/s1. The highest BCUT2D eigenvalue weighted by Gasteiger charge is 2.39. The molecular weight excluding hydrogens is 523 g/mol. The summed E-state index contributed by atoms with van der Waals surface area (Å²) in [5.74, 6) is -0.593. The summed E-state index contributed by atoms with van der Waals surface area (Å²) < 4.78 is 44.3. The van der Waals surface area contributed by atoms with E-state index in [4.69, 9.17) is 11.6 Å². The fraction of sp³-hybridized carbons (Fsp3) is 0.269. The Hall–Kier alpha value is -2.40. The molecule has 1 aliphatic carbocycles. The number of aliphatic hydroxyl groups is 2. The molecule has 2 aromatic carbocycles. The first kappa shape index (κ1) is 25.3. The van der Waals surface area contributed by atoms with Crippen LogP contribution in [0.3, 0.4) is 0 Å². The van der Waals surface area contributed by atoms with Crippen LogP contribution in [0.1, 0.15) is 41.8 Å². The van der Waals surface area contributed by atoms with Crippen LogP contribution in [0.25, 0.3) is 21.3 Å². The highest BCUT2D eigenvalue weighted by molar-refractivity contribution is 7.90. The number of nitrogens with one attached hydrogen (secondary N) is 1. The molecule has 2 heterocycles. The number of pyridine rings is 1. The molecule has 1 fully saturated rings. The van der Waals surface area contributed by atoms with E-state index in [9.17, 15) is 23.0 Å². The fourth-order valence-electron chi connectivity index (χ4n) is 4.12. The lowest BCUT2D eigenvalue weighted by Crippen LogP contribution is -2.32. The molecule has 188 valence electrons. The van der Waals surface area contributed by atoms with E-state index in [0.29, 0.717) is 29.0 Å². The Kier molecular flexibility index (Phi) is 6.65. The average molecular weight is 547 g/mol. The van der Waals surface area contributed by atoms with Gasteiger partial charge in [-0.15, -0.1) is 11.3 Å². The molecule has 5 rings (SSSR count). The molecule has 6 nitrogen and oxygen atoms in total. The molecule has 10 heteroatoms. The number of fused-ring (bicyclic) bond motifs is 1. The number of nitrogens with zero attached hydrogens (tertiary/aromatic N) is 1. The van der Waals surface area contributed by atoms with Gasteiger partial charge in [0.05, 0.1) is 23.6 Å². The van der Waals surface area contributed by atoms with Gasteiger partial charge in [0.25, 0.3) is 0 Å². The minimum atomic E-state index is -3.67. The maximum Gasteiger partial charge on any atom is 0.215 e. The average Bonchev–Trinajstić information content (AvgIpc) is 3.63. The topological polar surface area (TPSA) is 99.5 Å². The monoisotopic (exact) mass is 546 g/mol. The van der Waals surface area contributed by atoms with Crippen LogP contribution in [0.4, 0.5) is 4.39 Å². The zero-order chi connectivity index (χ0) is 25.7. The Balaban J connectivity index is 1.65.